The van der Waals surface area contributed by atoms with Crippen LogP contribution in [0.4, 0.5) is 5.69 Å². The van der Waals surface area contributed by atoms with E-state index in [9.17, 15) is 4.79 Å². The van der Waals surface area contributed by atoms with Gasteiger partial charge in [0.05, 0.1) is 0 Å². The summed E-state index contributed by atoms with van der Waals surface area (Å²) in [5, 5.41) is 0. The summed E-state index contributed by atoms with van der Waals surface area (Å²) in [6.45, 7) is 9.32. The van der Waals surface area contributed by atoms with Crippen LogP contribution in [-0.2, 0) is 10.2 Å². The van der Waals surface area contributed by atoms with E-state index in [4.69, 9.17) is 14.2 Å². The van der Waals surface area contributed by atoms with Crippen LogP contribution in [0.25, 0.3) is 0 Å². The molecule has 4 aliphatic heterocycles. The number of ether oxygens (including phenoxy) is 3. The van der Waals surface area contributed by atoms with Crippen molar-refractivity contribution in [2.24, 2.45) is 11.8 Å². The summed E-state index contributed by atoms with van der Waals surface area (Å²) in [6.07, 6.45) is 3.54. The summed E-state index contributed by atoms with van der Waals surface area (Å²) in [5.74, 6) is 3.49. The lowest BCUT2D eigenvalue weighted by atomic mass is 9.77. The number of anilines is 1. The Balaban J connectivity index is 1.26. The molecule has 4 aliphatic rings. The van der Waals surface area contributed by atoms with Crippen molar-refractivity contribution in [2.45, 2.75) is 38.5 Å². The topological polar surface area (TPSA) is 51.2 Å². The molecule has 33 heavy (non-hydrogen) atoms. The summed E-state index contributed by atoms with van der Waals surface area (Å²) in [5.41, 5.74) is 2.17. The zero-order valence-corrected chi connectivity index (χ0v) is 19.5. The predicted octanol–water partition coefficient (Wildman–Crippen LogP) is 4.20. The van der Waals surface area contributed by atoms with Crippen LogP contribution in [0.15, 0.2) is 36.4 Å². The van der Waals surface area contributed by atoms with Crippen LogP contribution in [0.2, 0.25) is 0 Å². The van der Waals surface area contributed by atoms with Gasteiger partial charge in [0.25, 0.3) is 0 Å². The average Bonchev–Trinajstić information content (AvgIpc) is 3.50. The lowest BCUT2D eigenvalue weighted by Gasteiger charge is -2.34. The molecule has 6 rings (SSSR count). The fourth-order valence-corrected chi connectivity index (χ4v) is 5.84. The summed E-state index contributed by atoms with van der Waals surface area (Å²) < 4.78 is 17.3. The van der Waals surface area contributed by atoms with E-state index in [1.807, 2.05) is 29.2 Å². The van der Waals surface area contributed by atoms with Crippen molar-refractivity contribution in [3.63, 3.8) is 0 Å². The highest BCUT2D eigenvalue weighted by molar-refractivity contribution is 6.11. The molecule has 0 saturated carbocycles. The van der Waals surface area contributed by atoms with Crippen molar-refractivity contribution in [1.29, 1.82) is 0 Å². The Labute approximate surface area is 195 Å². The highest BCUT2D eigenvalue weighted by Crippen LogP contribution is 2.55. The summed E-state index contributed by atoms with van der Waals surface area (Å²) in [6, 6.07) is 12.1. The molecule has 6 nitrogen and oxygen atoms in total. The smallest absolute Gasteiger partial charge is 0.245 e. The Morgan fingerprint density at radius 3 is 2.55 bits per heavy atom. The standard InChI is InChI=1S/C27H32N2O4/c1-18(2)7-10-28-11-8-19(9-12-28)15-29-22-6-4-3-5-20(22)27(26(29)30)16-31-23-14-25-24(13-21(23)27)32-17-33-25/h3-6,13-14,18-19H,7-12,15-17H2,1-2H3. The molecule has 0 radical (unpaired) electrons. The van der Waals surface area contributed by atoms with Crippen molar-refractivity contribution >= 4 is 11.6 Å². The molecule has 1 spiro atoms. The molecule has 174 valence electrons. The molecule has 1 saturated heterocycles. The van der Waals surface area contributed by atoms with E-state index in [0.717, 1.165) is 61.0 Å². The number of para-hydroxylation sites is 1. The molecule has 1 unspecified atom stereocenters. The van der Waals surface area contributed by atoms with Crippen LogP contribution < -0.4 is 19.1 Å². The Morgan fingerprint density at radius 2 is 1.76 bits per heavy atom. The Bertz CT molecular complexity index is 1080. The van der Waals surface area contributed by atoms with Crippen LogP contribution in [0, 0.1) is 11.8 Å². The number of fused-ring (bicyclic) bond motifs is 5. The van der Waals surface area contributed by atoms with Crippen molar-refractivity contribution in [2.75, 3.05) is 44.5 Å². The van der Waals surface area contributed by atoms with Crippen LogP contribution in [-0.4, -0.2) is 50.4 Å². The van der Waals surface area contributed by atoms with Crippen molar-refractivity contribution in [3.8, 4) is 17.2 Å². The number of hydrogen-bond acceptors (Lipinski definition) is 5. The Hall–Kier alpha value is -2.73. The Kier molecular flexibility index (Phi) is 5.02. The minimum Gasteiger partial charge on any atom is -0.491 e. The second kappa shape index (κ2) is 7.94. The van der Waals surface area contributed by atoms with E-state index in [-0.39, 0.29) is 12.7 Å². The maximum atomic E-state index is 14.1. The monoisotopic (exact) mass is 448 g/mol. The largest absolute Gasteiger partial charge is 0.491 e. The number of likely N-dealkylation sites (tertiary alicyclic amines) is 1. The van der Waals surface area contributed by atoms with E-state index in [0.29, 0.717) is 24.0 Å². The summed E-state index contributed by atoms with van der Waals surface area (Å²) in [4.78, 5) is 18.7. The van der Waals surface area contributed by atoms with Gasteiger partial charge in [-0.3, -0.25) is 4.79 Å². The van der Waals surface area contributed by atoms with E-state index in [2.05, 4.69) is 30.9 Å². The number of rotatable bonds is 5. The van der Waals surface area contributed by atoms with Gasteiger partial charge in [-0.25, -0.2) is 0 Å². The van der Waals surface area contributed by atoms with E-state index in [1.54, 1.807) is 0 Å². The third-order valence-electron chi connectivity index (χ3n) is 7.81. The highest BCUT2D eigenvalue weighted by Gasteiger charge is 2.57. The molecular formula is C27H32N2O4. The highest BCUT2D eigenvalue weighted by atomic mass is 16.7. The van der Waals surface area contributed by atoms with Crippen LogP contribution in [0.5, 0.6) is 17.2 Å². The van der Waals surface area contributed by atoms with E-state index in [1.165, 1.54) is 13.0 Å². The third-order valence-corrected chi connectivity index (χ3v) is 7.81. The molecule has 2 aromatic carbocycles. The molecular weight excluding hydrogens is 416 g/mol. The molecule has 4 heterocycles. The maximum Gasteiger partial charge on any atom is 0.245 e. The van der Waals surface area contributed by atoms with Gasteiger partial charge in [-0.2, -0.15) is 0 Å². The number of carbonyl (C=O) groups excluding carboxylic acids is 1. The van der Waals surface area contributed by atoms with Gasteiger partial charge in [-0.05, 0) is 68.4 Å². The van der Waals surface area contributed by atoms with Crippen molar-refractivity contribution in [1.82, 2.24) is 4.90 Å². The molecule has 6 heteroatoms. The number of piperidine rings is 1. The van der Waals surface area contributed by atoms with Gasteiger partial charge in [0.2, 0.25) is 12.7 Å². The number of benzene rings is 2. The lowest BCUT2D eigenvalue weighted by Crippen LogP contribution is -2.45. The van der Waals surface area contributed by atoms with Crippen LogP contribution in [0.3, 0.4) is 0 Å². The minimum atomic E-state index is -0.801. The van der Waals surface area contributed by atoms with Gasteiger partial charge in [-0.1, -0.05) is 32.0 Å². The quantitative estimate of drug-likeness (QED) is 0.686. The zero-order valence-electron chi connectivity index (χ0n) is 19.5. The molecule has 0 aliphatic carbocycles. The van der Waals surface area contributed by atoms with Crippen LogP contribution >= 0.6 is 0 Å². The molecule has 0 N–H and O–H groups in total. The predicted molar refractivity (Wildman–Crippen MR) is 126 cm³/mol. The molecule has 1 fully saturated rings. The van der Waals surface area contributed by atoms with E-state index < -0.39 is 5.41 Å². The van der Waals surface area contributed by atoms with E-state index >= 15 is 0 Å². The number of amides is 1. The molecule has 1 atom stereocenters. The van der Waals surface area contributed by atoms with Gasteiger partial charge in [0.15, 0.2) is 11.5 Å². The summed E-state index contributed by atoms with van der Waals surface area (Å²) >= 11 is 0. The van der Waals surface area contributed by atoms with Gasteiger partial charge in [0, 0.05) is 23.9 Å². The summed E-state index contributed by atoms with van der Waals surface area (Å²) in [7, 11) is 0. The number of hydrogen-bond donors (Lipinski definition) is 0. The first-order valence-corrected chi connectivity index (χ1v) is 12.3. The second-order valence-corrected chi connectivity index (χ2v) is 10.3. The van der Waals surface area contributed by atoms with Gasteiger partial charge < -0.3 is 24.0 Å². The SMILES string of the molecule is CC(C)CCN1CCC(CN2C(=O)C3(COc4cc5c(cc43)OCO5)c3ccccc32)CC1. The normalized spacial score (nSPS) is 24.0. The first-order chi connectivity index (χ1) is 16.1. The fourth-order valence-electron chi connectivity index (χ4n) is 5.84. The number of carbonyl (C=O) groups is 1. The van der Waals surface area contributed by atoms with Gasteiger partial charge in [-0.15, -0.1) is 0 Å². The minimum absolute atomic E-state index is 0.128. The zero-order chi connectivity index (χ0) is 22.6. The maximum absolute atomic E-state index is 14.1. The molecule has 0 bridgehead atoms. The second-order valence-electron chi connectivity index (χ2n) is 10.3. The van der Waals surface area contributed by atoms with Crippen molar-refractivity contribution in [3.05, 3.63) is 47.5 Å². The van der Waals surface area contributed by atoms with Crippen LogP contribution in [0.1, 0.15) is 44.2 Å². The fraction of sp³-hybridized carbons (Fsp3) is 0.519. The third kappa shape index (κ3) is 3.30. The first-order valence-electron chi connectivity index (χ1n) is 12.3. The number of nitrogens with zero attached hydrogens (tertiary/aromatic N) is 2. The average molecular weight is 449 g/mol. The molecule has 1 amide bonds. The van der Waals surface area contributed by atoms with Gasteiger partial charge >= 0.3 is 0 Å². The lowest BCUT2D eigenvalue weighted by molar-refractivity contribution is -0.122. The first kappa shape index (κ1) is 20.8. The van der Waals surface area contributed by atoms with Crippen molar-refractivity contribution < 1.29 is 19.0 Å². The Morgan fingerprint density at radius 1 is 1.00 bits per heavy atom. The molecule has 2 aromatic rings. The molecule has 0 aromatic heterocycles. The van der Waals surface area contributed by atoms with Gasteiger partial charge in [0.1, 0.15) is 17.8 Å².